The standard InChI is InChI=1S/C16H15F2N3.ClH/c1-10(20)14(13-4-12(7-19)8-21-9-13)5-11-2-3-15(17)16(18)6-11;/h2-4,6,8-10,14H,5,20H2,1H3;1H. The molecule has 0 saturated heterocycles. The molecule has 2 rings (SSSR count). The minimum Gasteiger partial charge on any atom is -0.327 e. The number of rotatable bonds is 4. The number of nitriles is 1. The normalized spacial score (nSPS) is 12.9. The average Bonchev–Trinajstić information content (AvgIpc) is 2.48. The van der Waals surface area contributed by atoms with E-state index in [1.807, 2.05) is 13.0 Å². The van der Waals surface area contributed by atoms with Crippen molar-refractivity contribution < 1.29 is 8.78 Å². The summed E-state index contributed by atoms with van der Waals surface area (Å²) in [5, 5.41) is 8.93. The molecule has 0 amide bonds. The molecule has 0 aliphatic rings. The van der Waals surface area contributed by atoms with Crippen LogP contribution >= 0.6 is 12.4 Å². The third-order valence-electron chi connectivity index (χ3n) is 3.39. The van der Waals surface area contributed by atoms with Crippen LogP contribution < -0.4 is 5.73 Å². The molecule has 2 N–H and O–H groups in total. The molecule has 2 unspecified atom stereocenters. The summed E-state index contributed by atoms with van der Waals surface area (Å²) in [6.07, 6.45) is 3.57. The Morgan fingerprint density at radius 1 is 1.23 bits per heavy atom. The number of nitrogens with two attached hydrogens (primary N) is 1. The van der Waals surface area contributed by atoms with Crippen LogP contribution in [-0.2, 0) is 6.42 Å². The maximum Gasteiger partial charge on any atom is 0.159 e. The Labute approximate surface area is 134 Å². The summed E-state index contributed by atoms with van der Waals surface area (Å²) < 4.78 is 26.3. The van der Waals surface area contributed by atoms with Gasteiger partial charge in [0.1, 0.15) is 6.07 Å². The summed E-state index contributed by atoms with van der Waals surface area (Å²) in [6, 6.07) is 7.35. The second-order valence-electron chi connectivity index (χ2n) is 5.04. The van der Waals surface area contributed by atoms with E-state index in [9.17, 15) is 8.78 Å². The fourth-order valence-electron chi connectivity index (χ4n) is 2.25. The molecule has 6 heteroatoms. The van der Waals surface area contributed by atoms with Crippen LogP contribution in [0.4, 0.5) is 8.78 Å². The van der Waals surface area contributed by atoms with Gasteiger partial charge in [-0.1, -0.05) is 6.07 Å². The number of nitrogens with zero attached hydrogens (tertiary/aromatic N) is 2. The summed E-state index contributed by atoms with van der Waals surface area (Å²) >= 11 is 0. The van der Waals surface area contributed by atoms with Crippen molar-refractivity contribution >= 4 is 12.4 Å². The number of halogens is 3. The van der Waals surface area contributed by atoms with Gasteiger partial charge in [-0.05, 0) is 42.7 Å². The summed E-state index contributed by atoms with van der Waals surface area (Å²) in [5.74, 6) is -1.88. The van der Waals surface area contributed by atoms with E-state index in [1.165, 1.54) is 18.3 Å². The van der Waals surface area contributed by atoms with E-state index in [1.54, 1.807) is 12.3 Å². The topological polar surface area (TPSA) is 62.7 Å². The summed E-state index contributed by atoms with van der Waals surface area (Å²) in [4.78, 5) is 4.02. The quantitative estimate of drug-likeness (QED) is 0.938. The maximum absolute atomic E-state index is 13.3. The fourth-order valence-corrected chi connectivity index (χ4v) is 2.25. The number of hydrogen-bond acceptors (Lipinski definition) is 3. The van der Waals surface area contributed by atoms with Gasteiger partial charge in [0, 0.05) is 24.4 Å². The highest BCUT2D eigenvalue weighted by molar-refractivity contribution is 5.85. The molecule has 0 radical (unpaired) electrons. The van der Waals surface area contributed by atoms with Crippen LogP contribution in [0.1, 0.15) is 29.5 Å². The lowest BCUT2D eigenvalue weighted by Gasteiger charge is -2.21. The van der Waals surface area contributed by atoms with Gasteiger partial charge >= 0.3 is 0 Å². The van der Waals surface area contributed by atoms with Crippen molar-refractivity contribution in [2.45, 2.75) is 25.3 Å². The molecule has 2 atom stereocenters. The van der Waals surface area contributed by atoms with Gasteiger partial charge in [0.15, 0.2) is 11.6 Å². The molecule has 1 heterocycles. The molecule has 22 heavy (non-hydrogen) atoms. The highest BCUT2D eigenvalue weighted by Crippen LogP contribution is 2.24. The van der Waals surface area contributed by atoms with Crippen molar-refractivity contribution in [3.63, 3.8) is 0 Å². The van der Waals surface area contributed by atoms with Crippen molar-refractivity contribution in [1.82, 2.24) is 4.98 Å². The molecular weight excluding hydrogens is 308 g/mol. The number of benzene rings is 1. The number of pyridine rings is 1. The van der Waals surface area contributed by atoms with E-state index >= 15 is 0 Å². The molecular formula is C16H16ClF2N3. The Hall–Kier alpha value is -2.03. The van der Waals surface area contributed by atoms with Crippen LogP contribution in [-0.4, -0.2) is 11.0 Å². The van der Waals surface area contributed by atoms with E-state index in [-0.39, 0.29) is 24.4 Å². The van der Waals surface area contributed by atoms with Crippen molar-refractivity contribution in [3.05, 3.63) is 65.0 Å². The molecule has 116 valence electrons. The van der Waals surface area contributed by atoms with Crippen LogP contribution in [0.15, 0.2) is 36.7 Å². The Kier molecular flexibility index (Phi) is 6.41. The zero-order valence-corrected chi connectivity index (χ0v) is 12.8. The number of hydrogen-bond donors (Lipinski definition) is 1. The van der Waals surface area contributed by atoms with Crippen LogP contribution in [0.2, 0.25) is 0 Å². The van der Waals surface area contributed by atoms with Crippen molar-refractivity contribution in [2.24, 2.45) is 5.73 Å². The minimum atomic E-state index is -0.875. The van der Waals surface area contributed by atoms with Gasteiger partial charge in [-0.3, -0.25) is 4.98 Å². The first-order valence-corrected chi connectivity index (χ1v) is 6.56. The second-order valence-corrected chi connectivity index (χ2v) is 5.04. The Balaban J connectivity index is 0.00000242. The van der Waals surface area contributed by atoms with Crippen LogP contribution in [0, 0.1) is 23.0 Å². The predicted molar refractivity (Wildman–Crippen MR) is 82.7 cm³/mol. The average molecular weight is 324 g/mol. The minimum absolute atomic E-state index is 0. The lowest BCUT2D eigenvalue weighted by molar-refractivity contribution is 0.503. The van der Waals surface area contributed by atoms with Crippen molar-refractivity contribution in [2.75, 3.05) is 0 Å². The van der Waals surface area contributed by atoms with E-state index in [2.05, 4.69) is 4.98 Å². The van der Waals surface area contributed by atoms with E-state index in [0.717, 1.165) is 11.6 Å². The van der Waals surface area contributed by atoms with Gasteiger partial charge in [0.2, 0.25) is 0 Å². The van der Waals surface area contributed by atoms with Crippen molar-refractivity contribution in [1.29, 1.82) is 5.26 Å². The van der Waals surface area contributed by atoms with Gasteiger partial charge in [0.25, 0.3) is 0 Å². The Morgan fingerprint density at radius 3 is 2.55 bits per heavy atom. The smallest absolute Gasteiger partial charge is 0.159 e. The van der Waals surface area contributed by atoms with Gasteiger partial charge in [0.05, 0.1) is 5.56 Å². The zero-order chi connectivity index (χ0) is 15.4. The highest BCUT2D eigenvalue weighted by Gasteiger charge is 2.18. The second kappa shape index (κ2) is 7.83. The summed E-state index contributed by atoms with van der Waals surface area (Å²) in [7, 11) is 0. The van der Waals surface area contributed by atoms with Gasteiger partial charge in [-0.25, -0.2) is 8.78 Å². The highest BCUT2D eigenvalue weighted by atomic mass is 35.5. The third kappa shape index (κ3) is 4.23. The SMILES string of the molecule is CC(N)C(Cc1ccc(F)c(F)c1)c1cncc(C#N)c1.Cl. The molecule has 0 saturated carbocycles. The van der Waals surface area contributed by atoms with E-state index < -0.39 is 11.6 Å². The first-order chi connectivity index (χ1) is 10.0. The van der Waals surface area contributed by atoms with Crippen molar-refractivity contribution in [3.8, 4) is 6.07 Å². The van der Waals surface area contributed by atoms with Crippen LogP contribution in [0.5, 0.6) is 0 Å². The maximum atomic E-state index is 13.3. The zero-order valence-electron chi connectivity index (χ0n) is 12.0. The molecule has 1 aromatic carbocycles. The van der Waals surface area contributed by atoms with E-state index in [0.29, 0.717) is 17.5 Å². The molecule has 1 aromatic heterocycles. The van der Waals surface area contributed by atoms with Crippen LogP contribution in [0.25, 0.3) is 0 Å². The molecule has 0 fully saturated rings. The molecule has 0 bridgehead atoms. The lowest BCUT2D eigenvalue weighted by atomic mass is 9.87. The molecule has 0 spiro atoms. The third-order valence-corrected chi connectivity index (χ3v) is 3.39. The lowest BCUT2D eigenvalue weighted by Crippen LogP contribution is -2.26. The van der Waals surface area contributed by atoms with Gasteiger partial charge < -0.3 is 5.73 Å². The summed E-state index contributed by atoms with van der Waals surface area (Å²) in [6.45, 7) is 1.84. The molecule has 3 nitrogen and oxygen atoms in total. The first kappa shape index (κ1) is 18.0. The Morgan fingerprint density at radius 2 is 1.95 bits per heavy atom. The largest absolute Gasteiger partial charge is 0.327 e. The fraction of sp³-hybridized carbons (Fsp3) is 0.250. The molecule has 0 aliphatic carbocycles. The first-order valence-electron chi connectivity index (χ1n) is 6.56. The van der Waals surface area contributed by atoms with Crippen LogP contribution in [0.3, 0.4) is 0 Å². The molecule has 0 aliphatic heterocycles. The van der Waals surface area contributed by atoms with E-state index in [4.69, 9.17) is 11.0 Å². The van der Waals surface area contributed by atoms with Gasteiger partial charge in [-0.15, -0.1) is 12.4 Å². The monoisotopic (exact) mass is 323 g/mol. The van der Waals surface area contributed by atoms with Gasteiger partial charge in [-0.2, -0.15) is 5.26 Å². The molecule has 2 aromatic rings. The number of aromatic nitrogens is 1. The Bertz CT molecular complexity index is 683. The summed E-state index contributed by atoms with van der Waals surface area (Å²) in [5.41, 5.74) is 7.91. The predicted octanol–water partition coefficient (Wildman–Crippen LogP) is 3.33.